The maximum atomic E-state index is 13.1. The highest BCUT2D eigenvalue weighted by Crippen LogP contribution is 2.23. The quantitative estimate of drug-likeness (QED) is 0.458. The molecule has 21 heavy (non-hydrogen) atoms. The number of rotatable bonds is 6. The molecule has 3 N–H and O–H groups in total. The highest BCUT2D eigenvalue weighted by Gasteiger charge is 2.11. The van der Waals surface area contributed by atoms with E-state index >= 15 is 0 Å². The van der Waals surface area contributed by atoms with Crippen LogP contribution < -0.4 is 11.3 Å². The summed E-state index contributed by atoms with van der Waals surface area (Å²) in [6, 6.07) is 11.0. The monoisotopic (exact) mass is 372 g/mol. The Balaban J connectivity index is 1.95. The first kappa shape index (κ1) is 16.4. The Labute approximate surface area is 135 Å². The van der Waals surface area contributed by atoms with Crippen molar-refractivity contribution in [3.8, 4) is 0 Å². The first-order valence-electron chi connectivity index (χ1n) is 6.37. The summed E-state index contributed by atoms with van der Waals surface area (Å²) in [5.41, 5.74) is 3.75. The Morgan fingerprint density at radius 3 is 2.38 bits per heavy atom. The van der Waals surface area contributed by atoms with Crippen LogP contribution in [0.15, 0.2) is 51.8 Å². The van der Waals surface area contributed by atoms with Crippen LogP contribution in [0.5, 0.6) is 0 Å². The second-order valence-corrected chi connectivity index (χ2v) is 6.52. The molecule has 2 aromatic carbocycles. The molecular formula is C15H15BrF2N2S. The van der Waals surface area contributed by atoms with E-state index in [0.29, 0.717) is 6.42 Å². The van der Waals surface area contributed by atoms with Gasteiger partial charge in [0.05, 0.1) is 0 Å². The van der Waals surface area contributed by atoms with Gasteiger partial charge in [-0.1, -0.05) is 22.0 Å². The van der Waals surface area contributed by atoms with Crippen molar-refractivity contribution in [1.82, 2.24) is 5.43 Å². The van der Waals surface area contributed by atoms with E-state index in [4.69, 9.17) is 5.84 Å². The molecule has 0 heterocycles. The van der Waals surface area contributed by atoms with Gasteiger partial charge in [-0.05, 0) is 48.4 Å². The predicted octanol–water partition coefficient (Wildman–Crippen LogP) is 3.89. The van der Waals surface area contributed by atoms with Crippen molar-refractivity contribution in [3.05, 3.63) is 64.1 Å². The Bertz CT molecular complexity index is 593. The van der Waals surface area contributed by atoms with Crippen molar-refractivity contribution in [3.63, 3.8) is 0 Å². The van der Waals surface area contributed by atoms with Crippen LogP contribution >= 0.6 is 27.7 Å². The normalized spacial score (nSPS) is 12.4. The lowest BCUT2D eigenvalue weighted by Gasteiger charge is -2.16. The van der Waals surface area contributed by atoms with Gasteiger partial charge in [0.15, 0.2) is 0 Å². The summed E-state index contributed by atoms with van der Waals surface area (Å²) in [6.45, 7) is 0. The Hall–Kier alpha value is -0.950. The van der Waals surface area contributed by atoms with Crippen molar-refractivity contribution in [2.45, 2.75) is 17.4 Å². The van der Waals surface area contributed by atoms with E-state index in [2.05, 4.69) is 21.4 Å². The third-order valence-electron chi connectivity index (χ3n) is 2.98. The van der Waals surface area contributed by atoms with Gasteiger partial charge < -0.3 is 0 Å². The van der Waals surface area contributed by atoms with E-state index in [1.807, 2.05) is 0 Å². The highest BCUT2D eigenvalue weighted by atomic mass is 79.9. The minimum Gasteiger partial charge on any atom is -0.271 e. The number of nitrogens with one attached hydrogen (secondary N) is 1. The van der Waals surface area contributed by atoms with Gasteiger partial charge in [-0.2, -0.15) is 0 Å². The first-order chi connectivity index (χ1) is 10.1. The molecule has 0 aliphatic carbocycles. The highest BCUT2D eigenvalue weighted by molar-refractivity contribution is 9.10. The van der Waals surface area contributed by atoms with Crippen LogP contribution in [0.25, 0.3) is 0 Å². The topological polar surface area (TPSA) is 38.0 Å². The standard InChI is InChI=1S/C15H15BrF2N2S/c16-15-8-12(18)2-1-10(15)7-13(20-19)9-21-14-5-3-11(17)4-6-14/h1-6,8,13,20H,7,9,19H2. The molecule has 1 unspecified atom stereocenters. The molecule has 2 aromatic rings. The summed E-state index contributed by atoms with van der Waals surface area (Å²) in [7, 11) is 0. The summed E-state index contributed by atoms with van der Waals surface area (Å²) in [5, 5.41) is 0. The maximum absolute atomic E-state index is 13.1. The number of benzene rings is 2. The van der Waals surface area contributed by atoms with Crippen molar-refractivity contribution in [2.24, 2.45) is 5.84 Å². The number of thioether (sulfide) groups is 1. The largest absolute Gasteiger partial charge is 0.271 e. The third kappa shape index (κ3) is 5.07. The van der Waals surface area contributed by atoms with E-state index in [9.17, 15) is 8.78 Å². The minimum atomic E-state index is -0.274. The van der Waals surface area contributed by atoms with Gasteiger partial charge in [-0.3, -0.25) is 11.3 Å². The zero-order valence-electron chi connectivity index (χ0n) is 11.2. The predicted molar refractivity (Wildman–Crippen MR) is 86.0 cm³/mol. The van der Waals surface area contributed by atoms with Gasteiger partial charge in [0.2, 0.25) is 0 Å². The molecule has 0 saturated carbocycles. The fourth-order valence-corrected chi connectivity index (χ4v) is 3.30. The average molecular weight is 373 g/mol. The fourth-order valence-electron chi connectivity index (χ4n) is 1.85. The molecule has 0 radical (unpaired) electrons. The van der Waals surface area contributed by atoms with Crippen LogP contribution in [0.4, 0.5) is 8.78 Å². The second kappa shape index (κ2) is 7.89. The Kier molecular flexibility index (Phi) is 6.17. The number of nitrogens with two attached hydrogens (primary N) is 1. The van der Waals surface area contributed by atoms with Crippen LogP contribution in [-0.2, 0) is 6.42 Å². The average Bonchev–Trinajstić information content (AvgIpc) is 2.47. The maximum Gasteiger partial charge on any atom is 0.124 e. The SMILES string of the molecule is NNC(CSc1ccc(F)cc1)Cc1ccc(F)cc1Br. The molecule has 2 rings (SSSR count). The molecule has 0 amide bonds. The number of hydrazine groups is 1. The van der Waals surface area contributed by atoms with Gasteiger partial charge in [0, 0.05) is 21.2 Å². The molecule has 0 spiro atoms. The Morgan fingerprint density at radius 1 is 1.10 bits per heavy atom. The number of hydrogen-bond donors (Lipinski definition) is 2. The van der Waals surface area contributed by atoms with E-state index in [1.54, 1.807) is 30.0 Å². The molecule has 6 heteroatoms. The van der Waals surface area contributed by atoms with Gasteiger partial charge in [-0.25, -0.2) is 8.78 Å². The zero-order valence-corrected chi connectivity index (χ0v) is 13.6. The van der Waals surface area contributed by atoms with E-state index in [1.165, 1.54) is 24.3 Å². The molecule has 2 nitrogen and oxygen atoms in total. The first-order valence-corrected chi connectivity index (χ1v) is 8.15. The number of halogens is 3. The number of hydrogen-bond acceptors (Lipinski definition) is 3. The minimum absolute atomic E-state index is 0.0295. The van der Waals surface area contributed by atoms with E-state index in [-0.39, 0.29) is 17.7 Å². The lowest BCUT2D eigenvalue weighted by atomic mass is 10.1. The fraction of sp³-hybridized carbons (Fsp3) is 0.200. The summed E-state index contributed by atoms with van der Waals surface area (Å²) < 4.78 is 26.6. The molecule has 0 aliphatic rings. The lowest BCUT2D eigenvalue weighted by Crippen LogP contribution is -2.38. The molecule has 0 bridgehead atoms. The molecule has 0 aliphatic heterocycles. The molecule has 112 valence electrons. The smallest absolute Gasteiger partial charge is 0.124 e. The molecule has 0 fully saturated rings. The van der Waals surface area contributed by atoms with Crippen LogP contribution in [0.2, 0.25) is 0 Å². The van der Waals surface area contributed by atoms with Gasteiger partial charge >= 0.3 is 0 Å². The molecule has 1 atom stereocenters. The second-order valence-electron chi connectivity index (χ2n) is 4.57. The summed E-state index contributed by atoms with van der Waals surface area (Å²) in [6.07, 6.45) is 0.672. The zero-order chi connectivity index (χ0) is 15.2. The third-order valence-corrected chi connectivity index (χ3v) is 4.89. The molecule has 0 saturated heterocycles. The van der Waals surface area contributed by atoms with Crippen molar-refractivity contribution in [1.29, 1.82) is 0 Å². The van der Waals surface area contributed by atoms with Crippen molar-refractivity contribution in [2.75, 3.05) is 5.75 Å². The van der Waals surface area contributed by atoms with Crippen LogP contribution in [0.3, 0.4) is 0 Å². The van der Waals surface area contributed by atoms with Crippen LogP contribution in [0, 0.1) is 11.6 Å². The van der Waals surface area contributed by atoms with Gasteiger partial charge in [0.25, 0.3) is 0 Å². The van der Waals surface area contributed by atoms with Crippen LogP contribution in [0.1, 0.15) is 5.56 Å². The summed E-state index contributed by atoms with van der Waals surface area (Å²) in [5.74, 6) is 5.78. The Morgan fingerprint density at radius 2 is 1.76 bits per heavy atom. The molecular weight excluding hydrogens is 358 g/mol. The van der Waals surface area contributed by atoms with Gasteiger partial charge in [-0.15, -0.1) is 11.8 Å². The van der Waals surface area contributed by atoms with E-state index in [0.717, 1.165) is 20.7 Å². The lowest BCUT2D eigenvalue weighted by molar-refractivity contribution is 0.572. The summed E-state index contributed by atoms with van der Waals surface area (Å²) in [4.78, 5) is 0.981. The van der Waals surface area contributed by atoms with Gasteiger partial charge in [0.1, 0.15) is 11.6 Å². The van der Waals surface area contributed by atoms with Crippen molar-refractivity contribution >= 4 is 27.7 Å². The molecule has 0 aromatic heterocycles. The van der Waals surface area contributed by atoms with Crippen molar-refractivity contribution < 1.29 is 8.78 Å². The van der Waals surface area contributed by atoms with E-state index < -0.39 is 0 Å². The summed E-state index contributed by atoms with van der Waals surface area (Å²) >= 11 is 4.94. The van der Waals surface area contributed by atoms with Crippen LogP contribution in [-0.4, -0.2) is 11.8 Å².